The first-order valence-corrected chi connectivity index (χ1v) is 17.0. The molecule has 4 aromatic carbocycles. The second kappa shape index (κ2) is 15.9. The van der Waals surface area contributed by atoms with E-state index in [0.717, 1.165) is 4.13 Å². The Morgan fingerprint density at radius 1 is 0.350 bits per heavy atom. The number of hydrogen-bond acceptors (Lipinski definition) is 4. The van der Waals surface area contributed by atoms with E-state index in [9.17, 15) is 87.1 Å². The number of sulfonamides is 2. The molecular weight excluding hydrogens is 945 g/mol. The van der Waals surface area contributed by atoms with E-state index >= 15 is 35.1 Å². The molecule has 0 amide bonds. The van der Waals surface area contributed by atoms with Crippen molar-refractivity contribution >= 4 is 48.0 Å². The maximum absolute atomic E-state index is 15.6. The molecule has 0 heterocycles. The molecular formula is C28H6BF24NO4S2-2. The van der Waals surface area contributed by atoms with Crippen LogP contribution in [0.25, 0.3) is 4.13 Å². The molecule has 5 nitrogen and oxygen atoms in total. The molecule has 0 atom stereocenters. The van der Waals surface area contributed by atoms with Crippen LogP contribution in [0.4, 0.5) is 105 Å². The molecule has 0 saturated carbocycles. The van der Waals surface area contributed by atoms with Gasteiger partial charge in [0.2, 0.25) is 0 Å². The Bertz CT molecular complexity index is 2260. The summed E-state index contributed by atoms with van der Waals surface area (Å²) in [7, 11) is -12.5. The van der Waals surface area contributed by atoms with Crippen LogP contribution in [0.15, 0.2) is 0 Å². The van der Waals surface area contributed by atoms with E-state index in [2.05, 4.69) is 0 Å². The van der Waals surface area contributed by atoms with E-state index in [-0.39, 0.29) is 13.8 Å². The minimum absolute atomic E-state index is 0.143. The Kier molecular flexibility index (Phi) is 13.1. The summed E-state index contributed by atoms with van der Waals surface area (Å²) in [5.41, 5.74) is -21.6. The van der Waals surface area contributed by atoms with E-state index in [0.29, 0.717) is 0 Å². The average Bonchev–Trinajstić information content (AvgIpc) is 3.13. The van der Waals surface area contributed by atoms with Gasteiger partial charge in [-0.05, 0) is 6.92 Å². The molecule has 0 N–H and O–H groups in total. The van der Waals surface area contributed by atoms with E-state index in [1.54, 1.807) is 0 Å². The van der Waals surface area contributed by atoms with E-state index < -0.39 is 175 Å². The molecule has 60 heavy (non-hydrogen) atoms. The van der Waals surface area contributed by atoms with E-state index in [1.807, 2.05) is 0 Å². The highest BCUT2D eigenvalue weighted by Gasteiger charge is 2.52. The molecule has 4 rings (SSSR count). The molecule has 0 aliphatic carbocycles. The van der Waals surface area contributed by atoms with Gasteiger partial charge in [0.15, 0.2) is 74.0 Å². The fourth-order valence-electron chi connectivity index (χ4n) is 5.25. The molecule has 4 aromatic rings. The molecule has 0 aromatic heterocycles. The lowest BCUT2D eigenvalue weighted by Gasteiger charge is -2.45. The zero-order chi connectivity index (χ0) is 47.1. The molecule has 332 valence electrons. The van der Waals surface area contributed by atoms with Crippen LogP contribution in [0.3, 0.4) is 0 Å². The lowest BCUT2D eigenvalue weighted by atomic mass is 9.12. The van der Waals surface area contributed by atoms with Crippen LogP contribution >= 0.6 is 0 Å². The van der Waals surface area contributed by atoms with Crippen molar-refractivity contribution in [3.8, 4) is 0 Å². The number of benzene rings is 4. The highest BCUT2D eigenvalue weighted by atomic mass is 32.3. The van der Waals surface area contributed by atoms with Gasteiger partial charge in [-0.1, -0.05) is 0 Å². The zero-order valence-corrected chi connectivity index (χ0v) is 29.2. The van der Waals surface area contributed by atoms with Crippen LogP contribution in [-0.2, 0) is 20.0 Å². The lowest BCUT2D eigenvalue weighted by molar-refractivity contribution is -0.0425. The molecule has 0 spiro atoms. The summed E-state index contributed by atoms with van der Waals surface area (Å²) in [6.07, 6.45) is -7.05. The number of hydrogen-bond donors (Lipinski definition) is 0. The third-order valence-corrected chi connectivity index (χ3v) is 11.0. The third-order valence-electron chi connectivity index (χ3n) is 7.92. The highest BCUT2D eigenvalue weighted by molar-refractivity contribution is 8.13. The minimum Gasteiger partial charge on any atom is -0.423 e. The Morgan fingerprint density at radius 2 is 0.533 bits per heavy atom. The molecule has 0 aliphatic heterocycles. The Hall–Kier alpha value is -4.88. The maximum Gasteiger partial charge on any atom is 0.480 e. The van der Waals surface area contributed by atoms with Gasteiger partial charge in [0.05, 0.1) is 0 Å². The Balaban J connectivity index is 0.000000544. The summed E-state index contributed by atoms with van der Waals surface area (Å²) < 4.78 is 383. The molecule has 32 heteroatoms. The standard InChI is InChI=1S/C25H3BF19.C3H3F5NO4S2/c1-2-7(27)9(29)3(10(30)8(2)28)26(4-11(31)17(37)23(43)18(38)12(4)32,5-13(33)19(39)24(44)20(40)14(5)34)6-15(35)21(41)25(45)22(42)16(6)36;1-2(4,5)14(10,11)9-15(12,13)3(6,7)8/h1H3;1H3/q2*-1. The van der Waals surface area contributed by atoms with E-state index in [4.69, 9.17) is 0 Å². The van der Waals surface area contributed by atoms with Gasteiger partial charge in [-0.3, -0.25) is 0 Å². The zero-order valence-electron chi connectivity index (χ0n) is 27.5. The topological polar surface area (TPSA) is 82.4 Å². The summed E-state index contributed by atoms with van der Waals surface area (Å²) >= 11 is 0. The van der Waals surface area contributed by atoms with Gasteiger partial charge in [-0.2, -0.15) is 22.0 Å². The summed E-state index contributed by atoms with van der Waals surface area (Å²) in [4.78, 5) is 0. The number of nitrogens with zero attached hydrogens (tertiary/aromatic N) is 1. The first-order chi connectivity index (χ1) is 26.9. The van der Waals surface area contributed by atoms with Gasteiger partial charge in [-0.15, -0.1) is 21.9 Å². The van der Waals surface area contributed by atoms with Crippen molar-refractivity contribution in [2.24, 2.45) is 0 Å². The average molecular weight is 951 g/mol. The second-order valence-corrected chi connectivity index (χ2v) is 15.1. The monoisotopic (exact) mass is 951 g/mol. The van der Waals surface area contributed by atoms with Crippen molar-refractivity contribution in [2.75, 3.05) is 0 Å². The number of alkyl halides is 5. The summed E-state index contributed by atoms with van der Waals surface area (Å²) in [5.74, 6) is -64.8. The SMILES string of the molecule is CC(F)(F)S(=O)(=O)[N-]S(=O)(=O)C(F)(F)F.Cc1c(F)c(F)c([B-](c2c(F)c(F)c(F)c(F)c2F)(c2c(F)c(F)c(F)c(F)c2F)c2c(F)c(F)c(F)c(F)c2F)c(F)c1F. The summed E-state index contributed by atoms with van der Waals surface area (Å²) in [6, 6.07) is 0. The maximum atomic E-state index is 15.6. The van der Waals surface area contributed by atoms with Gasteiger partial charge < -0.3 is 4.13 Å². The fourth-order valence-corrected chi connectivity index (χ4v) is 7.14. The predicted molar refractivity (Wildman–Crippen MR) is 152 cm³/mol. The minimum atomic E-state index is -7.05. The summed E-state index contributed by atoms with van der Waals surface area (Å²) in [6.45, 7) is -0.151. The van der Waals surface area contributed by atoms with Gasteiger partial charge in [0.25, 0.3) is 0 Å². The van der Waals surface area contributed by atoms with Crippen molar-refractivity contribution in [3.63, 3.8) is 0 Å². The number of rotatable bonds is 7. The quantitative estimate of drug-likeness (QED) is 0.0853. The smallest absolute Gasteiger partial charge is 0.423 e. The van der Waals surface area contributed by atoms with Crippen molar-refractivity contribution in [3.05, 3.63) is 120 Å². The predicted octanol–water partition coefficient (Wildman–Crippen LogP) is 7.17. The molecule has 0 saturated heterocycles. The van der Waals surface area contributed by atoms with Crippen LogP contribution < -0.4 is 21.9 Å². The van der Waals surface area contributed by atoms with Crippen molar-refractivity contribution in [1.29, 1.82) is 0 Å². The van der Waals surface area contributed by atoms with Crippen molar-refractivity contribution in [1.82, 2.24) is 0 Å². The van der Waals surface area contributed by atoms with Gasteiger partial charge in [0.1, 0.15) is 62.7 Å². The largest absolute Gasteiger partial charge is 0.480 e. The molecule has 0 unspecified atom stereocenters. The normalized spacial score (nSPS) is 12.8. The van der Waals surface area contributed by atoms with Gasteiger partial charge in [0, 0.05) is 12.5 Å². The summed E-state index contributed by atoms with van der Waals surface area (Å²) in [5, 5.41) is -4.70. The number of halogens is 24. The van der Waals surface area contributed by atoms with Crippen LogP contribution in [-0.4, -0.2) is 33.7 Å². The van der Waals surface area contributed by atoms with Crippen LogP contribution in [0, 0.1) is 117 Å². The third kappa shape index (κ3) is 7.46. The first-order valence-electron chi connectivity index (χ1n) is 14.1. The Morgan fingerprint density at radius 3 is 0.717 bits per heavy atom. The molecule has 0 bridgehead atoms. The first kappa shape index (κ1) is 49.5. The van der Waals surface area contributed by atoms with Crippen LogP contribution in [0.5, 0.6) is 0 Å². The van der Waals surface area contributed by atoms with Crippen LogP contribution in [0.2, 0.25) is 0 Å². The fraction of sp³-hybridized carbons (Fsp3) is 0.143. The molecule has 0 radical (unpaired) electrons. The molecule has 0 aliphatic rings. The van der Waals surface area contributed by atoms with Gasteiger partial charge >= 0.3 is 10.8 Å². The Labute approximate surface area is 315 Å². The lowest BCUT2D eigenvalue weighted by Crippen LogP contribution is -2.81. The van der Waals surface area contributed by atoms with Gasteiger partial charge in [-0.25, -0.2) is 100 Å². The van der Waals surface area contributed by atoms with Crippen LogP contribution in [0.1, 0.15) is 12.5 Å². The van der Waals surface area contributed by atoms with Crippen molar-refractivity contribution < 1.29 is 122 Å². The van der Waals surface area contributed by atoms with E-state index in [1.165, 1.54) is 0 Å². The molecule has 0 fully saturated rings. The van der Waals surface area contributed by atoms with Crippen molar-refractivity contribution in [2.45, 2.75) is 24.6 Å². The second-order valence-electron chi connectivity index (χ2n) is 11.4. The highest BCUT2D eigenvalue weighted by Crippen LogP contribution is 2.36.